The number of hydrogen-bond acceptors (Lipinski definition) is 6. The van der Waals surface area contributed by atoms with E-state index in [0.717, 1.165) is 55.9 Å². The first kappa shape index (κ1) is 22.8. The number of fused-ring (bicyclic) bond motifs is 1. The fraction of sp³-hybridized carbons (Fsp3) is 0.423. The molecule has 0 bridgehead atoms. The van der Waals surface area contributed by atoms with Crippen LogP contribution in [0.2, 0.25) is 10.0 Å². The molecule has 1 saturated heterocycles. The van der Waals surface area contributed by atoms with E-state index in [0.29, 0.717) is 45.7 Å². The Labute approximate surface area is 213 Å². The number of hydrogen-bond donors (Lipinski definition) is 1. The summed E-state index contributed by atoms with van der Waals surface area (Å²) in [6.07, 6.45) is 5.77. The molecule has 3 aromatic rings. The average molecular weight is 514 g/mol. The van der Waals surface area contributed by atoms with E-state index in [1.54, 1.807) is 12.1 Å². The lowest BCUT2D eigenvalue weighted by atomic mass is 10.0. The van der Waals surface area contributed by atoms with Gasteiger partial charge in [0.25, 0.3) is 0 Å². The molecule has 3 aliphatic rings. The molecule has 1 aromatic carbocycles. The van der Waals surface area contributed by atoms with Crippen LogP contribution in [0.4, 0.5) is 5.82 Å². The van der Waals surface area contributed by atoms with E-state index in [-0.39, 0.29) is 11.7 Å². The number of halogens is 2. The summed E-state index contributed by atoms with van der Waals surface area (Å²) in [6.45, 7) is 2.24. The summed E-state index contributed by atoms with van der Waals surface area (Å²) < 4.78 is 12.2. The van der Waals surface area contributed by atoms with Gasteiger partial charge in [0.1, 0.15) is 17.3 Å². The van der Waals surface area contributed by atoms with Gasteiger partial charge in [-0.2, -0.15) is 0 Å². The number of aromatic nitrogens is 2. The molecule has 3 heterocycles. The van der Waals surface area contributed by atoms with Crippen LogP contribution in [0.3, 0.4) is 0 Å². The Bertz CT molecular complexity index is 1220. The summed E-state index contributed by atoms with van der Waals surface area (Å²) >= 11 is 12.9. The molecule has 6 rings (SSSR count). The Balaban J connectivity index is 1.13. The standard InChI is InChI=1S/C26H25Cl2N3O4/c27-20-2-1-3-21(28)23(20)24-19(25(35-30-24)14-4-5-14)13-34-18-8-16-11-31(12-17(16)9-18)22-7-6-15(10-29-22)26(32)33/h1-3,6-7,10,14,16-18H,4-5,8-9,11-13H2,(H,32,33)/t16-,17?,18?/m0/s1. The number of rotatable bonds is 7. The predicted molar refractivity (Wildman–Crippen MR) is 132 cm³/mol. The SMILES string of the molecule is O=C(O)c1ccc(N2CC3CC(OCc4c(-c5c(Cl)cccc5Cl)noc4C4CC4)C[C@H]3C2)nc1. The molecule has 0 spiro atoms. The normalized spacial score (nSPS) is 23.6. The molecule has 1 aliphatic heterocycles. The molecule has 2 saturated carbocycles. The lowest BCUT2D eigenvalue weighted by Crippen LogP contribution is -2.24. The molecule has 182 valence electrons. The van der Waals surface area contributed by atoms with Crippen molar-refractivity contribution in [3.63, 3.8) is 0 Å². The fourth-order valence-electron chi connectivity index (χ4n) is 5.52. The number of carbonyl (C=O) groups is 1. The minimum absolute atomic E-state index is 0.172. The molecule has 35 heavy (non-hydrogen) atoms. The van der Waals surface area contributed by atoms with Crippen molar-refractivity contribution in [3.05, 3.63) is 63.5 Å². The quantitative estimate of drug-likeness (QED) is 0.411. The Kier molecular flexibility index (Phi) is 5.95. The average Bonchev–Trinajstić information content (AvgIpc) is 3.31. The molecule has 1 N–H and O–H groups in total. The van der Waals surface area contributed by atoms with Gasteiger partial charge in [0.2, 0.25) is 0 Å². The molecule has 2 aliphatic carbocycles. The van der Waals surface area contributed by atoms with Gasteiger partial charge in [0, 0.05) is 36.3 Å². The number of carboxylic acid groups (broad SMARTS) is 1. The number of benzene rings is 1. The maximum absolute atomic E-state index is 11.1. The maximum atomic E-state index is 11.1. The minimum atomic E-state index is -0.958. The molecular formula is C26H25Cl2N3O4. The molecule has 9 heteroatoms. The molecule has 0 radical (unpaired) electrons. The van der Waals surface area contributed by atoms with Crippen LogP contribution in [-0.2, 0) is 11.3 Å². The summed E-state index contributed by atoms with van der Waals surface area (Å²) in [5, 5.41) is 14.5. The molecule has 3 fully saturated rings. The van der Waals surface area contributed by atoms with E-state index in [1.165, 1.54) is 6.20 Å². The number of carboxylic acids is 1. The number of anilines is 1. The van der Waals surface area contributed by atoms with Gasteiger partial charge < -0.3 is 19.3 Å². The lowest BCUT2D eigenvalue weighted by molar-refractivity contribution is 0.0402. The van der Waals surface area contributed by atoms with Crippen molar-refractivity contribution < 1.29 is 19.2 Å². The second-order valence-corrected chi connectivity index (χ2v) is 10.6. The molecule has 0 amide bonds. The van der Waals surface area contributed by atoms with Crippen LogP contribution in [0.1, 0.15) is 53.3 Å². The zero-order chi connectivity index (χ0) is 24.1. The maximum Gasteiger partial charge on any atom is 0.337 e. The highest BCUT2D eigenvalue weighted by molar-refractivity contribution is 6.39. The Morgan fingerprint density at radius 1 is 1.11 bits per heavy atom. The highest BCUT2D eigenvalue weighted by atomic mass is 35.5. The second-order valence-electron chi connectivity index (χ2n) is 9.78. The second kappa shape index (κ2) is 9.12. The zero-order valence-corrected chi connectivity index (χ0v) is 20.5. The van der Waals surface area contributed by atoms with Crippen LogP contribution >= 0.6 is 23.2 Å². The Morgan fingerprint density at radius 3 is 2.43 bits per heavy atom. The van der Waals surface area contributed by atoms with Gasteiger partial charge in [-0.25, -0.2) is 9.78 Å². The first-order valence-corrected chi connectivity index (χ1v) is 12.7. The van der Waals surface area contributed by atoms with Crippen molar-refractivity contribution in [3.8, 4) is 11.3 Å². The van der Waals surface area contributed by atoms with E-state index in [4.69, 9.17) is 37.6 Å². The van der Waals surface area contributed by atoms with Crippen molar-refractivity contribution >= 4 is 35.0 Å². The third kappa shape index (κ3) is 4.41. The number of ether oxygens (including phenoxy) is 1. The highest BCUT2D eigenvalue weighted by Crippen LogP contribution is 2.47. The van der Waals surface area contributed by atoms with E-state index >= 15 is 0 Å². The summed E-state index contributed by atoms with van der Waals surface area (Å²) in [4.78, 5) is 17.7. The summed E-state index contributed by atoms with van der Waals surface area (Å²) in [6, 6.07) is 8.86. The number of aromatic carboxylic acids is 1. The largest absolute Gasteiger partial charge is 0.478 e. The summed E-state index contributed by atoms with van der Waals surface area (Å²) in [5.41, 5.74) is 2.55. The van der Waals surface area contributed by atoms with Crippen LogP contribution in [-0.4, -0.2) is 40.4 Å². The van der Waals surface area contributed by atoms with Crippen molar-refractivity contribution in [2.75, 3.05) is 18.0 Å². The van der Waals surface area contributed by atoms with Crippen LogP contribution < -0.4 is 4.90 Å². The number of pyridine rings is 1. The smallest absolute Gasteiger partial charge is 0.337 e. The van der Waals surface area contributed by atoms with E-state index < -0.39 is 5.97 Å². The van der Waals surface area contributed by atoms with Gasteiger partial charge in [-0.1, -0.05) is 34.4 Å². The van der Waals surface area contributed by atoms with E-state index in [9.17, 15) is 4.79 Å². The van der Waals surface area contributed by atoms with Crippen molar-refractivity contribution in [2.45, 2.75) is 44.3 Å². The van der Waals surface area contributed by atoms with E-state index in [2.05, 4.69) is 15.0 Å². The highest BCUT2D eigenvalue weighted by Gasteiger charge is 2.42. The van der Waals surface area contributed by atoms with Crippen LogP contribution in [0, 0.1) is 11.8 Å². The Morgan fingerprint density at radius 2 is 1.83 bits per heavy atom. The third-order valence-corrected chi connectivity index (χ3v) is 8.09. The van der Waals surface area contributed by atoms with Crippen molar-refractivity contribution in [1.29, 1.82) is 0 Å². The molecule has 2 unspecified atom stereocenters. The molecule has 7 nitrogen and oxygen atoms in total. The van der Waals surface area contributed by atoms with Gasteiger partial charge in [0.15, 0.2) is 0 Å². The first-order chi connectivity index (χ1) is 17.0. The van der Waals surface area contributed by atoms with E-state index in [1.807, 2.05) is 18.2 Å². The van der Waals surface area contributed by atoms with Gasteiger partial charge in [0.05, 0.1) is 28.3 Å². The zero-order valence-electron chi connectivity index (χ0n) is 19.0. The Hall–Kier alpha value is -2.61. The topological polar surface area (TPSA) is 88.7 Å². The van der Waals surface area contributed by atoms with Crippen LogP contribution in [0.25, 0.3) is 11.3 Å². The lowest BCUT2D eigenvalue weighted by Gasteiger charge is -2.20. The summed E-state index contributed by atoms with van der Waals surface area (Å²) in [7, 11) is 0. The third-order valence-electron chi connectivity index (χ3n) is 7.46. The van der Waals surface area contributed by atoms with Crippen molar-refractivity contribution in [1.82, 2.24) is 10.1 Å². The first-order valence-electron chi connectivity index (χ1n) is 12.0. The molecule has 3 atom stereocenters. The molecule has 2 aromatic heterocycles. The van der Waals surface area contributed by atoms with Gasteiger partial charge in [-0.05, 0) is 61.8 Å². The predicted octanol–water partition coefficient (Wildman–Crippen LogP) is 6.05. The van der Waals surface area contributed by atoms with Gasteiger partial charge >= 0.3 is 5.97 Å². The summed E-state index contributed by atoms with van der Waals surface area (Å²) in [5.74, 6) is 2.23. The minimum Gasteiger partial charge on any atom is -0.478 e. The van der Waals surface area contributed by atoms with Gasteiger partial charge in [-0.3, -0.25) is 0 Å². The van der Waals surface area contributed by atoms with Crippen LogP contribution in [0.5, 0.6) is 0 Å². The monoisotopic (exact) mass is 513 g/mol. The fourth-order valence-corrected chi connectivity index (χ4v) is 6.09. The number of nitrogens with zero attached hydrogens (tertiary/aromatic N) is 3. The molecular weight excluding hydrogens is 489 g/mol. The van der Waals surface area contributed by atoms with Gasteiger partial charge in [-0.15, -0.1) is 0 Å². The van der Waals surface area contributed by atoms with Crippen LogP contribution in [0.15, 0.2) is 41.1 Å². The van der Waals surface area contributed by atoms with Crippen molar-refractivity contribution in [2.24, 2.45) is 11.8 Å².